The van der Waals surface area contributed by atoms with E-state index in [4.69, 9.17) is 0 Å². The van der Waals surface area contributed by atoms with Gasteiger partial charge in [-0.2, -0.15) is 0 Å². The van der Waals surface area contributed by atoms with E-state index in [0.29, 0.717) is 0 Å². The van der Waals surface area contributed by atoms with Gasteiger partial charge in [-0.3, -0.25) is 0 Å². The molecule has 0 spiro atoms. The molecule has 0 saturated heterocycles. The Kier molecular flexibility index (Phi) is 158. The zero-order valence-corrected chi connectivity index (χ0v) is 10.8. The number of rotatable bonds is 0. The van der Waals surface area contributed by atoms with Gasteiger partial charge in [0, 0.05) is 0 Å². The Morgan fingerprint density at radius 2 is 1.00 bits per heavy atom. The second-order valence-corrected chi connectivity index (χ2v) is 0. The molecule has 0 aromatic carbocycles. The van der Waals surface area contributed by atoms with Gasteiger partial charge in [-0.1, -0.05) is 0 Å². The molecule has 2 radical (unpaired) electrons. The topological polar surface area (TPSA) is 0 Å². The Hall–Kier alpha value is 2.27. The van der Waals surface area contributed by atoms with Gasteiger partial charge in [-0.05, 0) is 0 Å². The van der Waals surface area contributed by atoms with Crippen LogP contribution < -0.4 is 0 Å². The summed E-state index contributed by atoms with van der Waals surface area (Å²) >= 11 is 0. The van der Waals surface area contributed by atoms with Gasteiger partial charge < -0.3 is 2.85 Å². The molecule has 0 unspecified atom stereocenters. The molecule has 0 aromatic heterocycles. The molecule has 0 saturated carbocycles. The molecule has 0 bridgehead atoms. The summed E-state index contributed by atoms with van der Waals surface area (Å²) in [7, 11) is 0. The number of halogens is 2. The van der Waals surface area contributed by atoms with Gasteiger partial charge in [0.25, 0.3) is 0 Å². The summed E-state index contributed by atoms with van der Waals surface area (Å²) in [4.78, 5) is 0. The molecule has 0 N–H and O–H groups in total. The van der Waals surface area contributed by atoms with E-state index in [9.17, 15) is 0 Å². The van der Waals surface area contributed by atoms with E-state index in [1.54, 1.807) is 0 Å². The Labute approximate surface area is 77.2 Å². The van der Waals surface area contributed by atoms with Gasteiger partial charge >= 0.3 is 50.4 Å². The van der Waals surface area contributed by atoms with Gasteiger partial charge in [0.2, 0.25) is 0 Å². The molecule has 0 aliphatic carbocycles. The molecule has 0 heterocycles. The third-order valence-corrected chi connectivity index (χ3v) is 0. The predicted octanol–water partition coefficient (Wildman–Crippen LogP) is -0.228. The summed E-state index contributed by atoms with van der Waals surface area (Å²) in [5.74, 6) is 0. The standard InChI is InChI=1S/2ClH.Mg.Pb.4H/h2*1H;;;;;;/q;;+2;;;;2*-1. The van der Waals surface area contributed by atoms with Crippen molar-refractivity contribution in [1.29, 1.82) is 0 Å². The minimum atomic E-state index is 0. The van der Waals surface area contributed by atoms with E-state index in [0.717, 1.165) is 0 Å². The van der Waals surface area contributed by atoms with Crippen LogP contribution >= 0.6 is 24.8 Å². The molecule has 4 heavy (non-hydrogen) atoms. The first-order valence-corrected chi connectivity index (χ1v) is 0. The molecule has 0 aliphatic heterocycles. The van der Waals surface area contributed by atoms with Crippen molar-refractivity contribution >= 4 is 75.2 Å². The van der Waals surface area contributed by atoms with Crippen molar-refractivity contribution in [3.63, 3.8) is 0 Å². The Bertz CT molecular complexity index is 11.5. The fourth-order valence-corrected chi connectivity index (χ4v) is 0. The van der Waals surface area contributed by atoms with Crippen molar-refractivity contribution in [2.75, 3.05) is 0 Å². The fraction of sp³-hybridized carbons (Fsp3) is 0. The van der Waals surface area contributed by atoms with Crippen molar-refractivity contribution in [2.24, 2.45) is 0 Å². The summed E-state index contributed by atoms with van der Waals surface area (Å²) in [6.07, 6.45) is 0. The average Bonchev–Trinajstić information content (AvgIpc) is 0. The van der Waals surface area contributed by atoms with E-state index in [1.807, 2.05) is 0 Å². The second-order valence-electron chi connectivity index (χ2n) is 0. The third kappa shape index (κ3) is 8.86. The van der Waals surface area contributed by atoms with Crippen LogP contribution in [0.4, 0.5) is 0 Å². The molecular weight excluding hydrogens is 302 g/mol. The third-order valence-electron chi connectivity index (χ3n) is 0. The van der Waals surface area contributed by atoms with Crippen LogP contribution in [0.15, 0.2) is 0 Å². The van der Waals surface area contributed by atoms with Crippen LogP contribution in [-0.4, -0.2) is 50.4 Å². The van der Waals surface area contributed by atoms with E-state index >= 15 is 0 Å². The average molecular weight is 308 g/mol. The van der Waals surface area contributed by atoms with Gasteiger partial charge in [-0.15, -0.1) is 24.8 Å². The second kappa shape index (κ2) is 18.7. The fourth-order valence-electron chi connectivity index (χ4n) is 0. The van der Waals surface area contributed by atoms with Gasteiger partial charge in [0.1, 0.15) is 0 Å². The molecule has 0 atom stereocenters. The zero-order valence-electron chi connectivity index (χ0n) is 4.23. The SMILES string of the molecule is Cl.Cl.[H-].[H-].[Mg+2].[PbH2]. The van der Waals surface area contributed by atoms with Crippen LogP contribution in [0, 0.1) is 0 Å². The van der Waals surface area contributed by atoms with Crippen molar-refractivity contribution in [3.05, 3.63) is 0 Å². The van der Waals surface area contributed by atoms with Crippen molar-refractivity contribution < 1.29 is 2.85 Å². The summed E-state index contributed by atoms with van der Waals surface area (Å²) in [6.45, 7) is 0. The molecule has 26 valence electrons. The maximum absolute atomic E-state index is 0. The molecular formula is H6Cl2MgPb. The normalized spacial score (nSPS) is 0. The summed E-state index contributed by atoms with van der Waals surface area (Å²) in [6, 6.07) is 0. The first-order chi connectivity index (χ1) is 0. The van der Waals surface area contributed by atoms with Crippen molar-refractivity contribution in [2.45, 2.75) is 0 Å². The summed E-state index contributed by atoms with van der Waals surface area (Å²) < 4.78 is 0. The molecule has 0 amide bonds. The summed E-state index contributed by atoms with van der Waals surface area (Å²) in [5.41, 5.74) is 0. The molecule has 0 rings (SSSR count). The van der Waals surface area contributed by atoms with Crippen molar-refractivity contribution in [1.82, 2.24) is 0 Å². The molecule has 0 nitrogen and oxygen atoms in total. The Morgan fingerprint density at radius 3 is 1.00 bits per heavy atom. The Balaban J connectivity index is 0. The Morgan fingerprint density at radius 1 is 1.00 bits per heavy atom. The van der Waals surface area contributed by atoms with E-state index < -0.39 is 0 Å². The minimum absolute atomic E-state index is 0. The first kappa shape index (κ1) is 33.8. The van der Waals surface area contributed by atoms with Crippen molar-refractivity contribution in [3.8, 4) is 0 Å². The number of hydrogen-bond donors (Lipinski definition) is 0. The predicted molar refractivity (Wildman–Crippen MR) is 31.0 cm³/mol. The van der Waals surface area contributed by atoms with Gasteiger partial charge in [-0.25, -0.2) is 0 Å². The number of hydrogen-bond acceptors (Lipinski definition) is 0. The summed E-state index contributed by atoms with van der Waals surface area (Å²) in [5, 5.41) is 0. The monoisotopic (exact) mass is 308 g/mol. The van der Waals surface area contributed by atoms with Crippen LogP contribution in [0.3, 0.4) is 0 Å². The molecule has 4 heteroatoms. The van der Waals surface area contributed by atoms with Crippen LogP contribution in [0.25, 0.3) is 0 Å². The van der Waals surface area contributed by atoms with Gasteiger partial charge in [0.05, 0.1) is 0 Å². The van der Waals surface area contributed by atoms with Crippen LogP contribution in [-0.2, 0) is 0 Å². The van der Waals surface area contributed by atoms with Gasteiger partial charge in [0.15, 0.2) is 0 Å². The first-order valence-electron chi connectivity index (χ1n) is 0. The zero-order chi connectivity index (χ0) is 0. The molecule has 0 aromatic rings. The molecule has 0 fully saturated rings. The molecule has 0 aliphatic rings. The van der Waals surface area contributed by atoms with E-state index in [2.05, 4.69) is 0 Å². The van der Waals surface area contributed by atoms with Crippen LogP contribution in [0.2, 0.25) is 0 Å². The van der Waals surface area contributed by atoms with Crippen LogP contribution in [0.1, 0.15) is 2.85 Å². The maximum atomic E-state index is 0. The van der Waals surface area contributed by atoms with E-state index in [-0.39, 0.29) is 78.0 Å². The quantitative estimate of drug-likeness (QED) is 0.543. The van der Waals surface area contributed by atoms with Crippen LogP contribution in [0.5, 0.6) is 0 Å². The van der Waals surface area contributed by atoms with E-state index in [1.165, 1.54) is 0 Å².